The summed E-state index contributed by atoms with van der Waals surface area (Å²) >= 11 is 0. The van der Waals surface area contributed by atoms with E-state index < -0.39 is 18.0 Å². The Bertz CT molecular complexity index is 674. The number of anilines is 1. The monoisotopic (exact) mass is 292 g/mol. The number of aromatic nitrogens is 3. The maximum absolute atomic E-state index is 12.0. The number of nitrogens with zero attached hydrogens (tertiary/aromatic N) is 3. The Morgan fingerprint density at radius 2 is 2.14 bits per heavy atom. The van der Waals surface area contributed by atoms with E-state index in [0.717, 1.165) is 0 Å². The molecular formula is C13H16N4O4. The molecule has 2 heterocycles. The Morgan fingerprint density at radius 1 is 1.43 bits per heavy atom. The van der Waals surface area contributed by atoms with E-state index >= 15 is 0 Å². The number of amides is 1. The van der Waals surface area contributed by atoms with Gasteiger partial charge < -0.3 is 14.6 Å². The fraction of sp³-hybridized carbons (Fsp3) is 0.385. The van der Waals surface area contributed by atoms with Gasteiger partial charge in [0.05, 0.1) is 6.20 Å². The van der Waals surface area contributed by atoms with Crippen LogP contribution in [0.3, 0.4) is 0 Å². The molecule has 0 spiro atoms. The number of rotatable bonds is 4. The van der Waals surface area contributed by atoms with Crippen LogP contribution in [-0.2, 0) is 16.6 Å². The van der Waals surface area contributed by atoms with Crippen LogP contribution in [0.15, 0.2) is 16.8 Å². The van der Waals surface area contributed by atoms with Crippen molar-refractivity contribution >= 4 is 17.7 Å². The van der Waals surface area contributed by atoms with Crippen molar-refractivity contribution in [2.24, 2.45) is 7.05 Å². The number of carbonyl (C=O) groups is 2. The van der Waals surface area contributed by atoms with Crippen LogP contribution in [0.2, 0.25) is 0 Å². The summed E-state index contributed by atoms with van der Waals surface area (Å²) in [6.07, 6.45) is 0.442. The number of esters is 1. The summed E-state index contributed by atoms with van der Waals surface area (Å²) < 4.78 is 11.5. The molecule has 8 nitrogen and oxygen atoms in total. The quantitative estimate of drug-likeness (QED) is 0.850. The minimum absolute atomic E-state index is 0.276. The second-order valence-corrected chi connectivity index (χ2v) is 4.63. The largest absolute Gasteiger partial charge is 0.449 e. The van der Waals surface area contributed by atoms with Gasteiger partial charge in [-0.2, -0.15) is 5.10 Å². The predicted octanol–water partition coefficient (Wildman–Crippen LogP) is 1.21. The number of ether oxygens (including phenoxy) is 1. The first-order valence-corrected chi connectivity index (χ1v) is 6.32. The van der Waals surface area contributed by atoms with Crippen molar-refractivity contribution in [3.63, 3.8) is 0 Å². The SMILES string of the molecule is Cc1cc(NC(=O)C(C)OC(=O)c2cnn(C)c2C)no1. The van der Waals surface area contributed by atoms with E-state index in [1.54, 1.807) is 31.6 Å². The zero-order valence-corrected chi connectivity index (χ0v) is 12.2. The van der Waals surface area contributed by atoms with Crippen LogP contribution in [0.4, 0.5) is 5.82 Å². The molecule has 0 saturated heterocycles. The highest BCUT2D eigenvalue weighted by Crippen LogP contribution is 2.11. The molecule has 8 heteroatoms. The fourth-order valence-corrected chi connectivity index (χ4v) is 1.63. The van der Waals surface area contributed by atoms with Crippen LogP contribution in [0.1, 0.15) is 28.7 Å². The first-order valence-electron chi connectivity index (χ1n) is 6.32. The van der Waals surface area contributed by atoms with Gasteiger partial charge >= 0.3 is 5.97 Å². The standard InChI is InChI=1S/C13H16N4O4/c1-7-5-11(16-21-7)15-12(18)9(3)20-13(19)10-6-14-17(4)8(10)2/h5-6,9H,1-4H3,(H,15,16,18). The van der Waals surface area contributed by atoms with Crippen molar-refractivity contribution in [3.8, 4) is 0 Å². The van der Waals surface area contributed by atoms with E-state index in [4.69, 9.17) is 9.26 Å². The predicted molar refractivity (Wildman–Crippen MR) is 72.7 cm³/mol. The smallest absolute Gasteiger partial charge is 0.342 e. The summed E-state index contributed by atoms with van der Waals surface area (Å²) in [7, 11) is 1.72. The van der Waals surface area contributed by atoms with Gasteiger partial charge in [0.15, 0.2) is 11.9 Å². The molecule has 0 fully saturated rings. The zero-order chi connectivity index (χ0) is 15.6. The van der Waals surface area contributed by atoms with Gasteiger partial charge in [0.1, 0.15) is 11.3 Å². The van der Waals surface area contributed by atoms with E-state index in [9.17, 15) is 9.59 Å². The van der Waals surface area contributed by atoms with Crippen molar-refractivity contribution in [3.05, 3.63) is 29.3 Å². The maximum atomic E-state index is 12.0. The molecule has 112 valence electrons. The molecule has 1 atom stereocenters. The molecule has 1 amide bonds. The molecule has 2 aromatic rings. The summed E-state index contributed by atoms with van der Waals surface area (Å²) in [5.41, 5.74) is 0.995. The number of aryl methyl sites for hydroxylation is 2. The molecule has 0 aliphatic heterocycles. The third kappa shape index (κ3) is 3.28. The van der Waals surface area contributed by atoms with E-state index in [2.05, 4.69) is 15.6 Å². The third-order valence-corrected chi connectivity index (χ3v) is 2.99. The molecule has 21 heavy (non-hydrogen) atoms. The maximum Gasteiger partial charge on any atom is 0.342 e. The summed E-state index contributed by atoms with van der Waals surface area (Å²) in [4.78, 5) is 23.8. The topological polar surface area (TPSA) is 99.2 Å². The Kier molecular flexibility index (Phi) is 4.06. The van der Waals surface area contributed by atoms with E-state index in [0.29, 0.717) is 17.0 Å². The lowest BCUT2D eigenvalue weighted by molar-refractivity contribution is -0.123. The second-order valence-electron chi connectivity index (χ2n) is 4.63. The summed E-state index contributed by atoms with van der Waals surface area (Å²) in [5.74, 6) is -0.239. The van der Waals surface area contributed by atoms with Crippen molar-refractivity contribution in [2.45, 2.75) is 26.9 Å². The molecule has 0 radical (unpaired) electrons. The Balaban J connectivity index is 1.97. The van der Waals surface area contributed by atoms with Gasteiger partial charge in [0, 0.05) is 18.8 Å². The highest BCUT2D eigenvalue weighted by molar-refractivity contribution is 5.97. The van der Waals surface area contributed by atoms with Crippen molar-refractivity contribution in [2.75, 3.05) is 5.32 Å². The van der Waals surface area contributed by atoms with Crippen molar-refractivity contribution < 1.29 is 18.8 Å². The van der Waals surface area contributed by atoms with Gasteiger partial charge in [0.2, 0.25) is 0 Å². The summed E-state index contributed by atoms with van der Waals surface area (Å²) in [5, 5.41) is 10.1. The first kappa shape index (κ1) is 14.8. The lowest BCUT2D eigenvalue weighted by Gasteiger charge is -2.11. The highest BCUT2D eigenvalue weighted by Gasteiger charge is 2.22. The van der Waals surface area contributed by atoms with E-state index in [1.165, 1.54) is 13.1 Å². The van der Waals surface area contributed by atoms with Crippen molar-refractivity contribution in [1.29, 1.82) is 0 Å². The van der Waals surface area contributed by atoms with E-state index in [-0.39, 0.29) is 5.82 Å². The first-order chi connectivity index (χ1) is 9.88. The van der Waals surface area contributed by atoms with Crippen LogP contribution in [0.25, 0.3) is 0 Å². The summed E-state index contributed by atoms with van der Waals surface area (Å²) in [6.45, 7) is 4.93. The normalized spacial score (nSPS) is 12.0. The minimum Gasteiger partial charge on any atom is -0.449 e. The lowest BCUT2D eigenvalue weighted by atomic mass is 10.2. The Hall–Kier alpha value is -2.64. The number of hydrogen-bond donors (Lipinski definition) is 1. The van der Waals surface area contributed by atoms with Gasteiger partial charge in [-0.05, 0) is 20.8 Å². The van der Waals surface area contributed by atoms with Crippen molar-refractivity contribution in [1.82, 2.24) is 14.9 Å². The molecule has 0 aliphatic rings. The molecular weight excluding hydrogens is 276 g/mol. The van der Waals surface area contributed by atoms with E-state index in [1.807, 2.05) is 0 Å². The molecule has 1 unspecified atom stereocenters. The van der Waals surface area contributed by atoms with Crippen LogP contribution < -0.4 is 5.32 Å². The average molecular weight is 292 g/mol. The van der Waals surface area contributed by atoms with Crippen LogP contribution in [-0.4, -0.2) is 32.9 Å². The van der Waals surface area contributed by atoms with Crippen LogP contribution in [0.5, 0.6) is 0 Å². The van der Waals surface area contributed by atoms with Gasteiger partial charge in [-0.1, -0.05) is 5.16 Å². The molecule has 2 aromatic heterocycles. The average Bonchev–Trinajstić information content (AvgIpc) is 2.97. The fourth-order valence-electron chi connectivity index (χ4n) is 1.63. The third-order valence-electron chi connectivity index (χ3n) is 2.99. The molecule has 1 N–H and O–H groups in total. The second kappa shape index (κ2) is 5.78. The number of nitrogens with one attached hydrogen (secondary N) is 1. The lowest BCUT2D eigenvalue weighted by Crippen LogP contribution is -2.30. The minimum atomic E-state index is -0.964. The van der Waals surface area contributed by atoms with Gasteiger partial charge in [-0.3, -0.25) is 9.48 Å². The van der Waals surface area contributed by atoms with Crippen LogP contribution >= 0.6 is 0 Å². The number of hydrogen-bond acceptors (Lipinski definition) is 6. The van der Waals surface area contributed by atoms with Crippen LogP contribution in [0, 0.1) is 13.8 Å². The summed E-state index contributed by atoms with van der Waals surface area (Å²) in [6, 6.07) is 1.57. The molecule has 0 aliphatic carbocycles. The molecule has 2 rings (SSSR count). The Labute approximate surface area is 121 Å². The number of carbonyl (C=O) groups excluding carboxylic acids is 2. The van der Waals surface area contributed by atoms with Gasteiger partial charge in [0.25, 0.3) is 5.91 Å². The van der Waals surface area contributed by atoms with Gasteiger partial charge in [-0.25, -0.2) is 4.79 Å². The Morgan fingerprint density at radius 3 is 2.67 bits per heavy atom. The molecule has 0 aromatic carbocycles. The molecule has 0 bridgehead atoms. The highest BCUT2D eigenvalue weighted by atomic mass is 16.5. The zero-order valence-electron chi connectivity index (χ0n) is 12.2. The molecule has 0 saturated carbocycles. The van der Waals surface area contributed by atoms with Gasteiger partial charge in [-0.15, -0.1) is 0 Å².